The number of hydrogen-bond acceptors (Lipinski definition) is 1. The Bertz CT molecular complexity index is 998. The third kappa shape index (κ3) is 1.57. The lowest BCUT2D eigenvalue weighted by Gasteiger charge is -2.21. The molecule has 1 nitrogen and oxygen atoms in total. The summed E-state index contributed by atoms with van der Waals surface area (Å²) in [6.45, 7) is 6.82. The highest BCUT2D eigenvalue weighted by Crippen LogP contribution is 2.52. The number of allylic oxidation sites excluding steroid dienone is 1. The van der Waals surface area contributed by atoms with E-state index in [1.807, 2.05) is 0 Å². The molecule has 3 aromatic rings. The highest BCUT2D eigenvalue weighted by molar-refractivity contribution is 6.01. The molecule has 0 saturated carbocycles. The molecule has 1 aromatic heterocycles. The zero-order valence-electron chi connectivity index (χ0n) is 13.9. The fourth-order valence-corrected chi connectivity index (χ4v) is 4.37. The van der Waals surface area contributed by atoms with Crippen LogP contribution in [-0.4, -0.2) is 0 Å². The molecule has 0 N–H and O–H groups in total. The summed E-state index contributed by atoms with van der Waals surface area (Å²) in [7, 11) is 0. The second-order valence-corrected chi connectivity index (χ2v) is 7.42. The molecular formula is C22H20O. The lowest BCUT2D eigenvalue weighted by Crippen LogP contribution is -2.14. The third-order valence-electron chi connectivity index (χ3n) is 5.61. The summed E-state index contributed by atoms with van der Waals surface area (Å²) in [4.78, 5) is 0. The first-order valence-corrected chi connectivity index (χ1v) is 8.44. The minimum Gasteiger partial charge on any atom is -0.456 e. The van der Waals surface area contributed by atoms with Crippen LogP contribution in [0.4, 0.5) is 0 Å². The Morgan fingerprint density at radius 3 is 2.78 bits per heavy atom. The first kappa shape index (κ1) is 13.2. The molecule has 1 heterocycles. The van der Waals surface area contributed by atoms with Gasteiger partial charge in [-0.15, -0.1) is 0 Å². The van der Waals surface area contributed by atoms with Crippen LogP contribution >= 0.6 is 0 Å². The maximum atomic E-state index is 6.33. The molecule has 23 heavy (non-hydrogen) atoms. The molecule has 0 saturated heterocycles. The minimum atomic E-state index is 0.0357. The van der Waals surface area contributed by atoms with Gasteiger partial charge >= 0.3 is 0 Å². The van der Waals surface area contributed by atoms with Gasteiger partial charge in [0, 0.05) is 21.9 Å². The number of furan rings is 1. The molecule has 0 amide bonds. The second-order valence-electron chi connectivity index (χ2n) is 7.42. The van der Waals surface area contributed by atoms with E-state index >= 15 is 0 Å². The molecule has 0 bridgehead atoms. The first-order chi connectivity index (χ1) is 11.1. The highest BCUT2D eigenvalue weighted by Gasteiger charge is 2.37. The van der Waals surface area contributed by atoms with E-state index in [-0.39, 0.29) is 5.41 Å². The average molecular weight is 300 g/mol. The van der Waals surface area contributed by atoms with Crippen molar-refractivity contribution in [3.05, 3.63) is 64.4 Å². The Morgan fingerprint density at radius 1 is 1.04 bits per heavy atom. The smallest absolute Gasteiger partial charge is 0.143 e. The van der Waals surface area contributed by atoms with Crippen molar-refractivity contribution in [2.75, 3.05) is 0 Å². The monoisotopic (exact) mass is 300 g/mol. The van der Waals surface area contributed by atoms with E-state index in [1.165, 1.54) is 38.8 Å². The Kier molecular flexibility index (Phi) is 2.39. The van der Waals surface area contributed by atoms with Gasteiger partial charge in [0.05, 0.1) is 0 Å². The number of rotatable bonds is 0. The van der Waals surface area contributed by atoms with Crippen LogP contribution in [-0.2, 0) is 11.8 Å². The molecule has 114 valence electrons. The molecule has 1 heteroatoms. The molecule has 0 aliphatic heterocycles. The molecular weight excluding hydrogens is 280 g/mol. The Balaban J connectivity index is 1.92. The minimum absolute atomic E-state index is 0.0357. The first-order valence-electron chi connectivity index (χ1n) is 8.44. The van der Waals surface area contributed by atoms with Gasteiger partial charge in [-0.1, -0.05) is 55.8 Å². The van der Waals surface area contributed by atoms with E-state index in [0.717, 1.165) is 24.2 Å². The van der Waals surface area contributed by atoms with E-state index in [0.29, 0.717) is 0 Å². The predicted octanol–water partition coefficient (Wildman–Crippen LogP) is 6.01. The van der Waals surface area contributed by atoms with Crippen molar-refractivity contribution >= 4 is 17.0 Å². The van der Waals surface area contributed by atoms with Crippen molar-refractivity contribution in [2.24, 2.45) is 0 Å². The van der Waals surface area contributed by atoms with Gasteiger partial charge in [0.15, 0.2) is 0 Å². The lowest BCUT2D eigenvalue weighted by molar-refractivity contribution is 0.595. The predicted molar refractivity (Wildman–Crippen MR) is 95.9 cm³/mol. The molecule has 2 aromatic carbocycles. The van der Waals surface area contributed by atoms with Gasteiger partial charge in [0.25, 0.3) is 0 Å². The normalized spacial score (nSPS) is 17.2. The van der Waals surface area contributed by atoms with Crippen molar-refractivity contribution < 1.29 is 4.42 Å². The number of aryl methyl sites for hydroxylation is 2. The summed E-state index contributed by atoms with van der Waals surface area (Å²) in [6, 6.07) is 11.4. The zero-order chi connectivity index (χ0) is 15.8. The van der Waals surface area contributed by atoms with Crippen LogP contribution in [0.15, 0.2) is 40.8 Å². The number of benzene rings is 2. The third-order valence-corrected chi connectivity index (χ3v) is 5.61. The van der Waals surface area contributed by atoms with Gasteiger partial charge in [-0.2, -0.15) is 0 Å². The molecule has 0 fully saturated rings. The summed E-state index contributed by atoms with van der Waals surface area (Å²) in [5, 5.41) is 1.30. The van der Waals surface area contributed by atoms with E-state index in [2.05, 4.69) is 63.3 Å². The van der Waals surface area contributed by atoms with Crippen LogP contribution in [0, 0.1) is 6.92 Å². The van der Waals surface area contributed by atoms with E-state index in [9.17, 15) is 0 Å². The van der Waals surface area contributed by atoms with Crippen LogP contribution in [0.1, 0.15) is 48.3 Å². The van der Waals surface area contributed by atoms with Crippen LogP contribution in [0.5, 0.6) is 0 Å². The maximum Gasteiger partial charge on any atom is 0.143 e. The molecule has 0 unspecified atom stereocenters. The van der Waals surface area contributed by atoms with Gasteiger partial charge in [-0.25, -0.2) is 0 Å². The topological polar surface area (TPSA) is 13.1 Å². The SMILES string of the molecule is Cc1ccc2c(c1)C(C)(C)c1ccc3c4c(oc3c1-2)C=CCC4. The highest BCUT2D eigenvalue weighted by atomic mass is 16.3. The van der Waals surface area contributed by atoms with Gasteiger partial charge in [-0.3, -0.25) is 0 Å². The van der Waals surface area contributed by atoms with Crippen molar-refractivity contribution in [1.82, 2.24) is 0 Å². The largest absolute Gasteiger partial charge is 0.456 e. The second kappa shape index (κ2) is 4.17. The molecule has 0 radical (unpaired) electrons. The maximum absolute atomic E-state index is 6.33. The summed E-state index contributed by atoms with van der Waals surface area (Å²) in [5.41, 5.74) is 9.28. The summed E-state index contributed by atoms with van der Waals surface area (Å²) in [6.07, 6.45) is 6.55. The van der Waals surface area contributed by atoms with Gasteiger partial charge in [0.1, 0.15) is 11.3 Å². The molecule has 2 aliphatic carbocycles. The summed E-state index contributed by atoms with van der Waals surface area (Å²) < 4.78 is 6.33. The fourth-order valence-electron chi connectivity index (χ4n) is 4.37. The van der Waals surface area contributed by atoms with Gasteiger partial charge < -0.3 is 4.42 Å². The quantitative estimate of drug-likeness (QED) is 0.495. The van der Waals surface area contributed by atoms with Crippen LogP contribution < -0.4 is 0 Å². The number of hydrogen-bond donors (Lipinski definition) is 0. The van der Waals surface area contributed by atoms with Gasteiger partial charge in [0.2, 0.25) is 0 Å². The van der Waals surface area contributed by atoms with Crippen molar-refractivity contribution in [2.45, 2.75) is 39.0 Å². The van der Waals surface area contributed by atoms with E-state index in [4.69, 9.17) is 4.42 Å². The number of fused-ring (bicyclic) bond motifs is 7. The summed E-state index contributed by atoms with van der Waals surface area (Å²) >= 11 is 0. The fraction of sp³-hybridized carbons (Fsp3) is 0.273. The Hall–Kier alpha value is -2.28. The summed E-state index contributed by atoms with van der Waals surface area (Å²) in [5.74, 6) is 1.05. The lowest BCUT2D eigenvalue weighted by atomic mass is 9.82. The molecule has 0 atom stereocenters. The van der Waals surface area contributed by atoms with Crippen molar-refractivity contribution in [3.63, 3.8) is 0 Å². The van der Waals surface area contributed by atoms with Crippen LogP contribution in [0.3, 0.4) is 0 Å². The van der Waals surface area contributed by atoms with Crippen molar-refractivity contribution in [1.29, 1.82) is 0 Å². The Morgan fingerprint density at radius 2 is 1.91 bits per heavy atom. The van der Waals surface area contributed by atoms with Crippen molar-refractivity contribution in [3.8, 4) is 11.1 Å². The zero-order valence-corrected chi connectivity index (χ0v) is 13.9. The van der Waals surface area contributed by atoms with Gasteiger partial charge in [-0.05, 0) is 42.5 Å². The van der Waals surface area contributed by atoms with E-state index in [1.54, 1.807) is 0 Å². The van der Waals surface area contributed by atoms with Crippen LogP contribution in [0.2, 0.25) is 0 Å². The average Bonchev–Trinajstić information content (AvgIpc) is 3.02. The molecule has 0 spiro atoms. The van der Waals surface area contributed by atoms with E-state index < -0.39 is 0 Å². The Labute approximate surface area is 136 Å². The standard InChI is InChI=1S/C22H20O/c1-13-8-9-16-18(12-13)22(2,3)17-11-10-15-14-6-4-5-7-19(14)23-21(15)20(16)17/h5,7-12H,4,6H2,1-3H3. The molecule has 2 aliphatic rings. The molecule has 5 rings (SSSR count). The van der Waals surface area contributed by atoms with Crippen LogP contribution in [0.25, 0.3) is 28.2 Å².